The minimum absolute atomic E-state index is 0.251. The predicted octanol–water partition coefficient (Wildman–Crippen LogP) is 3.99. The lowest BCUT2D eigenvalue weighted by Crippen LogP contribution is -2.41. The van der Waals surface area contributed by atoms with Crippen molar-refractivity contribution >= 4 is 34.9 Å². The molecule has 0 heterocycles. The average molecular weight is 330 g/mol. The molecular formula is C15H21Cl2N3O. The molecule has 1 saturated carbocycles. The van der Waals surface area contributed by atoms with Crippen LogP contribution in [0.3, 0.4) is 0 Å². The van der Waals surface area contributed by atoms with E-state index in [1.54, 1.807) is 18.2 Å². The van der Waals surface area contributed by atoms with Gasteiger partial charge in [-0.2, -0.15) is 0 Å². The van der Waals surface area contributed by atoms with Crippen molar-refractivity contribution in [2.75, 3.05) is 18.4 Å². The van der Waals surface area contributed by atoms with Crippen LogP contribution in [0.5, 0.6) is 0 Å². The molecule has 1 aliphatic rings. The monoisotopic (exact) mass is 329 g/mol. The first-order chi connectivity index (χ1) is 9.97. The lowest BCUT2D eigenvalue weighted by molar-refractivity contribution is 0.210. The molecule has 0 aliphatic heterocycles. The quantitative estimate of drug-likeness (QED) is 0.828. The van der Waals surface area contributed by atoms with Crippen LogP contribution in [0, 0.1) is 0 Å². The van der Waals surface area contributed by atoms with E-state index in [0.29, 0.717) is 34.4 Å². The van der Waals surface area contributed by atoms with E-state index in [9.17, 15) is 4.79 Å². The number of rotatable bonds is 6. The zero-order valence-corrected chi connectivity index (χ0v) is 13.8. The van der Waals surface area contributed by atoms with Crippen molar-refractivity contribution in [2.45, 2.75) is 38.8 Å². The molecule has 2 rings (SSSR count). The molecule has 0 saturated heterocycles. The number of anilines is 1. The molecule has 2 N–H and O–H groups in total. The van der Waals surface area contributed by atoms with Gasteiger partial charge in [0.25, 0.3) is 0 Å². The molecule has 116 valence electrons. The van der Waals surface area contributed by atoms with E-state index in [2.05, 4.69) is 29.4 Å². The molecule has 0 unspecified atom stereocenters. The fourth-order valence-electron chi connectivity index (χ4n) is 2.32. The van der Waals surface area contributed by atoms with Crippen LogP contribution in [-0.2, 0) is 0 Å². The summed E-state index contributed by atoms with van der Waals surface area (Å²) < 4.78 is 0. The predicted molar refractivity (Wildman–Crippen MR) is 88.3 cm³/mol. The van der Waals surface area contributed by atoms with Crippen LogP contribution in [-0.4, -0.2) is 36.1 Å². The average Bonchev–Trinajstić information content (AvgIpc) is 3.22. The van der Waals surface area contributed by atoms with Crippen molar-refractivity contribution in [3.8, 4) is 0 Å². The van der Waals surface area contributed by atoms with Gasteiger partial charge < -0.3 is 10.6 Å². The topological polar surface area (TPSA) is 44.4 Å². The third kappa shape index (κ3) is 5.06. The van der Waals surface area contributed by atoms with Crippen molar-refractivity contribution in [3.05, 3.63) is 28.2 Å². The van der Waals surface area contributed by atoms with Crippen LogP contribution in [0.25, 0.3) is 0 Å². The number of benzene rings is 1. The highest BCUT2D eigenvalue weighted by molar-refractivity contribution is 6.36. The smallest absolute Gasteiger partial charge is 0.319 e. The molecule has 1 aromatic carbocycles. The Morgan fingerprint density at radius 3 is 2.67 bits per heavy atom. The summed E-state index contributed by atoms with van der Waals surface area (Å²) in [5, 5.41) is 6.56. The lowest BCUT2D eigenvalue weighted by Gasteiger charge is -2.26. The molecule has 2 amide bonds. The highest BCUT2D eigenvalue weighted by Gasteiger charge is 2.30. The zero-order chi connectivity index (χ0) is 15.4. The van der Waals surface area contributed by atoms with E-state index >= 15 is 0 Å². The maximum absolute atomic E-state index is 11.9. The van der Waals surface area contributed by atoms with E-state index in [4.69, 9.17) is 23.2 Å². The summed E-state index contributed by atoms with van der Waals surface area (Å²) in [5.74, 6) is 0. The summed E-state index contributed by atoms with van der Waals surface area (Å²) >= 11 is 11.8. The summed E-state index contributed by atoms with van der Waals surface area (Å²) in [5.41, 5.74) is 0.557. The summed E-state index contributed by atoms with van der Waals surface area (Å²) in [4.78, 5) is 14.3. The number of amides is 2. The molecule has 0 aromatic heterocycles. The van der Waals surface area contributed by atoms with E-state index in [0.717, 1.165) is 6.54 Å². The van der Waals surface area contributed by atoms with Gasteiger partial charge in [-0.25, -0.2) is 4.79 Å². The van der Waals surface area contributed by atoms with E-state index in [-0.39, 0.29) is 6.03 Å². The number of carbonyl (C=O) groups excluding carboxylic acids is 1. The van der Waals surface area contributed by atoms with Crippen molar-refractivity contribution < 1.29 is 4.79 Å². The van der Waals surface area contributed by atoms with Gasteiger partial charge in [-0.1, -0.05) is 23.2 Å². The highest BCUT2D eigenvalue weighted by atomic mass is 35.5. The van der Waals surface area contributed by atoms with Crippen molar-refractivity contribution in [1.29, 1.82) is 0 Å². The number of hydrogen-bond acceptors (Lipinski definition) is 2. The van der Waals surface area contributed by atoms with E-state index in [1.807, 2.05) is 0 Å². The van der Waals surface area contributed by atoms with E-state index < -0.39 is 0 Å². The second-order valence-corrected chi connectivity index (χ2v) is 6.41. The Kier molecular flexibility index (Phi) is 5.73. The van der Waals surface area contributed by atoms with Crippen LogP contribution < -0.4 is 10.6 Å². The summed E-state index contributed by atoms with van der Waals surface area (Å²) in [6.45, 7) is 5.85. The molecule has 1 fully saturated rings. The number of nitrogens with zero attached hydrogens (tertiary/aromatic N) is 1. The van der Waals surface area contributed by atoms with Gasteiger partial charge >= 0.3 is 6.03 Å². The lowest BCUT2D eigenvalue weighted by atomic mass is 10.3. The Morgan fingerprint density at radius 2 is 2.10 bits per heavy atom. The number of carbonyl (C=O) groups is 1. The van der Waals surface area contributed by atoms with Crippen molar-refractivity contribution in [3.63, 3.8) is 0 Å². The van der Waals surface area contributed by atoms with Gasteiger partial charge in [0.2, 0.25) is 0 Å². The molecule has 6 heteroatoms. The SMILES string of the molecule is CC(C)N(CCNC(=O)Nc1ccc(Cl)cc1Cl)C1CC1. The number of halogens is 2. The van der Waals surface area contributed by atoms with Crippen LogP contribution in [0.4, 0.5) is 10.5 Å². The van der Waals surface area contributed by atoms with Crippen molar-refractivity contribution in [1.82, 2.24) is 10.2 Å². The number of urea groups is 1. The standard InChI is InChI=1S/C15H21Cl2N3O/c1-10(2)20(12-4-5-12)8-7-18-15(21)19-14-6-3-11(16)9-13(14)17/h3,6,9-10,12H,4-5,7-8H2,1-2H3,(H2,18,19,21). The third-order valence-electron chi connectivity index (χ3n) is 3.51. The minimum atomic E-state index is -0.251. The second-order valence-electron chi connectivity index (χ2n) is 5.57. The molecule has 0 bridgehead atoms. The zero-order valence-electron chi connectivity index (χ0n) is 12.3. The van der Waals surface area contributed by atoms with Crippen LogP contribution in [0.1, 0.15) is 26.7 Å². The Balaban J connectivity index is 1.76. The van der Waals surface area contributed by atoms with Crippen LogP contribution >= 0.6 is 23.2 Å². The van der Waals surface area contributed by atoms with Crippen LogP contribution in [0.2, 0.25) is 10.0 Å². The maximum atomic E-state index is 11.9. The maximum Gasteiger partial charge on any atom is 0.319 e. The van der Waals surface area contributed by atoms with Crippen molar-refractivity contribution in [2.24, 2.45) is 0 Å². The molecular weight excluding hydrogens is 309 g/mol. The van der Waals surface area contributed by atoms with Crippen LogP contribution in [0.15, 0.2) is 18.2 Å². The first kappa shape index (κ1) is 16.4. The molecule has 4 nitrogen and oxygen atoms in total. The molecule has 1 aliphatic carbocycles. The van der Waals surface area contributed by atoms with Gasteiger partial charge in [0, 0.05) is 30.2 Å². The summed E-state index contributed by atoms with van der Waals surface area (Å²) in [6, 6.07) is 5.94. The first-order valence-corrected chi connectivity index (χ1v) is 7.98. The largest absolute Gasteiger partial charge is 0.337 e. The fourth-order valence-corrected chi connectivity index (χ4v) is 2.78. The second kappa shape index (κ2) is 7.34. The van der Waals surface area contributed by atoms with Gasteiger partial charge in [0.05, 0.1) is 10.7 Å². The Bertz CT molecular complexity index is 502. The van der Waals surface area contributed by atoms with Gasteiger partial charge in [-0.15, -0.1) is 0 Å². The highest BCUT2D eigenvalue weighted by Crippen LogP contribution is 2.28. The summed E-state index contributed by atoms with van der Waals surface area (Å²) in [6.07, 6.45) is 2.54. The Labute approximate surface area is 135 Å². The summed E-state index contributed by atoms with van der Waals surface area (Å²) in [7, 11) is 0. The Morgan fingerprint density at radius 1 is 1.38 bits per heavy atom. The van der Waals surface area contributed by atoms with Gasteiger partial charge in [0.1, 0.15) is 0 Å². The minimum Gasteiger partial charge on any atom is -0.337 e. The molecule has 1 aromatic rings. The number of nitrogens with one attached hydrogen (secondary N) is 2. The first-order valence-electron chi connectivity index (χ1n) is 7.23. The van der Waals surface area contributed by atoms with Gasteiger partial charge in [-0.3, -0.25) is 4.90 Å². The fraction of sp³-hybridized carbons (Fsp3) is 0.533. The molecule has 0 radical (unpaired) electrons. The third-order valence-corrected chi connectivity index (χ3v) is 4.06. The normalized spacial score (nSPS) is 14.6. The molecule has 0 spiro atoms. The number of hydrogen-bond donors (Lipinski definition) is 2. The van der Waals surface area contributed by atoms with E-state index in [1.165, 1.54) is 12.8 Å². The van der Waals surface area contributed by atoms with Gasteiger partial charge in [0.15, 0.2) is 0 Å². The Hall–Kier alpha value is -0.970. The molecule has 21 heavy (non-hydrogen) atoms. The van der Waals surface area contributed by atoms with Gasteiger partial charge in [-0.05, 0) is 44.9 Å². The molecule has 0 atom stereocenters.